The van der Waals surface area contributed by atoms with Crippen molar-refractivity contribution in [1.29, 1.82) is 0 Å². The van der Waals surface area contributed by atoms with Crippen molar-refractivity contribution >= 4 is 18.3 Å². The average molecular weight is 319 g/mol. The predicted molar refractivity (Wildman–Crippen MR) is 80.4 cm³/mol. The summed E-state index contributed by atoms with van der Waals surface area (Å²) < 4.78 is 26.7. The standard InChI is InChI=1S/C15H20F2N2O.ClH/c1-2-14(12-4-3-11(16)9-13(12)17)19-15(20)10-5-7-18-8-6-10;/h3-4,9-10,14,18H,2,5-8H2,1H3,(H,19,20);1H. The fourth-order valence-corrected chi connectivity index (χ4v) is 2.56. The van der Waals surface area contributed by atoms with Crippen LogP contribution in [-0.4, -0.2) is 19.0 Å². The van der Waals surface area contributed by atoms with Gasteiger partial charge in [0.25, 0.3) is 0 Å². The number of amides is 1. The van der Waals surface area contributed by atoms with Crippen molar-refractivity contribution in [2.75, 3.05) is 13.1 Å². The van der Waals surface area contributed by atoms with Crippen molar-refractivity contribution in [1.82, 2.24) is 10.6 Å². The van der Waals surface area contributed by atoms with Crippen LogP contribution in [0.5, 0.6) is 0 Å². The molecule has 118 valence electrons. The van der Waals surface area contributed by atoms with E-state index in [-0.39, 0.29) is 24.2 Å². The molecule has 1 aliphatic heterocycles. The Bertz CT molecular complexity index is 479. The fraction of sp³-hybridized carbons (Fsp3) is 0.533. The number of nitrogens with one attached hydrogen (secondary N) is 2. The molecule has 0 saturated carbocycles. The van der Waals surface area contributed by atoms with Gasteiger partial charge in [-0.2, -0.15) is 0 Å². The highest BCUT2D eigenvalue weighted by atomic mass is 35.5. The molecule has 1 heterocycles. The van der Waals surface area contributed by atoms with Crippen molar-refractivity contribution in [2.45, 2.75) is 32.2 Å². The Hall–Kier alpha value is -1.20. The molecular weight excluding hydrogens is 298 g/mol. The molecule has 0 spiro atoms. The summed E-state index contributed by atoms with van der Waals surface area (Å²) in [5.41, 5.74) is 0.344. The maximum absolute atomic E-state index is 13.8. The van der Waals surface area contributed by atoms with Gasteiger partial charge in [-0.3, -0.25) is 4.79 Å². The van der Waals surface area contributed by atoms with Crippen LogP contribution in [0.15, 0.2) is 18.2 Å². The summed E-state index contributed by atoms with van der Waals surface area (Å²) >= 11 is 0. The molecule has 1 aromatic carbocycles. The summed E-state index contributed by atoms with van der Waals surface area (Å²) in [7, 11) is 0. The lowest BCUT2D eigenvalue weighted by Gasteiger charge is -2.25. The molecular formula is C15H21ClF2N2O. The number of rotatable bonds is 4. The molecule has 21 heavy (non-hydrogen) atoms. The van der Waals surface area contributed by atoms with Gasteiger partial charge in [0.05, 0.1) is 6.04 Å². The van der Waals surface area contributed by atoms with Gasteiger partial charge in [0.1, 0.15) is 11.6 Å². The first kappa shape index (κ1) is 17.9. The minimum absolute atomic E-state index is 0. The van der Waals surface area contributed by atoms with Crippen LogP contribution in [0, 0.1) is 17.6 Å². The van der Waals surface area contributed by atoms with E-state index in [9.17, 15) is 13.6 Å². The summed E-state index contributed by atoms with van der Waals surface area (Å²) in [6.45, 7) is 3.54. The fourth-order valence-electron chi connectivity index (χ4n) is 2.56. The van der Waals surface area contributed by atoms with Gasteiger partial charge < -0.3 is 10.6 Å². The van der Waals surface area contributed by atoms with Crippen molar-refractivity contribution in [3.05, 3.63) is 35.4 Å². The second-order valence-corrected chi connectivity index (χ2v) is 5.16. The molecule has 3 nitrogen and oxygen atoms in total. The molecule has 1 saturated heterocycles. The van der Waals surface area contributed by atoms with Crippen LogP contribution in [0.1, 0.15) is 37.8 Å². The van der Waals surface area contributed by atoms with Gasteiger partial charge in [0, 0.05) is 17.5 Å². The number of hydrogen-bond acceptors (Lipinski definition) is 2. The topological polar surface area (TPSA) is 41.1 Å². The Balaban J connectivity index is 0.00000220. The Morgan fingerprint density at radius 2 is 2.05 bits per heavy atom. The average Bonchev–Trinajstić information content (AvgIpc) is 2.46. The van der Waals surface area contributed by atoms with E-state index in [2.05, 4.69) is 10.6 Å². The Morgan fingerprint density at radius 3 is 2.62 bits per heavy atom. The molecule has 0 bridgehead atoms. The summed E-state index contributed by atoms with van der Waals surface area (Å²) in [5.74, 6) is -1.27. The third-order valence-corrected chi connectivity index (χ3v) is 3.77. The smallest absolute Gasteiger partial charge is 0.223 e. The molecule has 2 rings (SSSR count). The van der Waals surface area contributed by atoms with Crippen LogP contribution in [0.3, 0.4) is 0 Å². The van der Waals surface area contributed by atoms with Crippen LogP contribution >= 0.6 is 12.4 Å². The molecule has 1 aromatic rings. The van der Waals surface area contributed by atoms with Gasteiger partial charge in [0.2, 0.25) is 5.91 Å². The first-order valence-corrected chi connectivity index (χ1v) is 7.08. The molecule has 1 unspecified atom stereocenters. The zero-order valence-electron chi connectivity index (χ0n) is 12.0. The normalized spacial score (nSPS) is 16.9. The van der Waals surface area contributed by atoms with Crippen LogP contribution in [-0.2, 0) is 4.79 Å². The quantitative estimate of drug-likeness (QED) is 0.896. The van der Waals surface area contributed by atoms with Crippen LogP contribution in [0.2, 0.25) is 0 Å². The number of hydrogen-bond donors (Lipinski definition) is 2. The van der Waals surface area contributed by atoms with Gasteiger partial charge in [-0.05, 0) is 38.4 Å². The monoisotopic (exact) mass is 318 g/mol. The lowest BCUT2D eigenvalue weighted by atomic mass is 9.95. The van der Waals surface area contributed by atoms with E-state index in [1.807, 2.05) is 6.92 Å². The van der Waals surface area contributed by atoms with E-state index in [0.717, 1.165) is 32.0 Å². The Kier molecular flexibility index (Phi) is 7.05. The highest BCUT2D eigenvalue weighted by Gasteiger charge is 2.24. The summed E-state index contributed by atoms with van der Waals surface area (Å²) in [6.07, 6.45) is 2.17. The second kappa shape index (κ2) is 8.29. The second-order valence-electron chi connectivity index (χ2n) is 5.16. The van der Waals surface area contributed by atoms with Gasteiger partial charge >= 0.3 is 0 Å². The van der Waals surface area contributed by atoms with Crippen molar-refractivity contribution < 1.29 is 13.6 Å². The van der Waals surface area contributed by atoms with Crippen LogP contribution in [0.4, 0.5) is 8.78 Å². The molecule has 1 atom stereocenters. The van der Waals surface area contributed by atoms with Crippen molar-refractivity contribution in [3.8, 4) is 0 Å². The van der Waals surface area contributed by atoms with E-state index in [1.54, 1.807) is 0 Å². The molecule has 6 heteroatoms. The molecule has 0 radical (unpaired) electrons. The molecule has 1 fully saturated rings. The van der Waals surface area contributed by atoms with Crippen LogP contribution in [0.25, 0.3) is 0 Å². The SMILES string of the molecule is CCC(NC(=O)C1CCNCC1)c1ccc(F)cc1F.Cl. The van der Waals surface area contributed by atoms with Crippen molar-refractivity contribution in [3.63, 3.8) is 0 Å². The van der Waals surface area contributed by atoms with E-state index >= 15 is 0 Å². The zero-order chi connectivity index (χ0) is 14.5. The first-order chi connectivity index (χ1) is 9.61. The number of benzene rings is 1. The molecule has 0 aromatic heterocycles. The van der Waals surface area contributed by atoms with E-state index in [0.29, 0.717) is 12.0 Å². The van der Waals surface area contributed by atoms with E-state index in [4.69, 9.17) is 0 Å². The summed E-state index contributed by atoms with van der Waals surface area (Å²) in [4.78, 5) is 12.2. The number of piperidine rings is 1. The van der Waals surface area contributed by atoms with E-state index < -0.39 is 17.7 Å². The van der Waals surface area contributed by atoms with Gasteiger partial charge in [-0.25, -0.2) is 8.78 Å². The third kappa shape index (κ3) is 4.64. The summed E-state index contributed by atoms with van der Waals surface area (Å²) in [6, 6.07) is 3.08. The maximum Gasteiger partial charge on any atom is 0.223 e. The molecule has 0 aliphatic carbocycles. The minimum Gasteiger partial charge on any atom is -0.349 e. The number of carbonyl (C=O) groups excluding carboxylic acids is 1. The van der Waals surface area contributed by atoms with Gasteiger partial charge in [0.15, 0.2) is 0 Å². The zero-order valence-corrected chi connectivity index (χ0v) is 12.8. The van der Waals surface area contributed by atoms with Crippen molar-refractivity contribution in [2.24, 2.45) is 5.92 Å². The van der Waals surface area contributed by atoms with Gasteiger partial charge in [-0.15, -0.1) is 12.4 Å². The van der Waals surface area contributed by atoms with Gasteiger partial charge in [-0.1, -0.05) is 13.0 Å². The lowest BCUT2D eigenvalue weighted by Crippen LogP contribution is -2.39. The van der Waals surface area contributed by atoms with Crippen LogP contribution < -0.4 is 10.6 Å². The Morgan fingerprint density at radius 1 is 1.38 bits per heavy atom. The highest BCUT2D eigenvalue weighted by Crippen LogP contribution is 2.22. The lowest BCUT2D eigenvalue weighted by molar-refractivity contribution is -0.126. The maximum atomic E-state index is 13.8. The molecule has 1 aliphatic rings. The number of carbonyl (C=O) groups is 1. The first-order valence-electron chi connectivity index (χ1n) is 7.08. The molecule has 1 amide bonds. The predicted octanol–water partition coefficient (Wildman–Crippen LogP) is 2.95. The largest absolute Gasteiger partial charge is 0.349 e. The number of halogens is 3. The van der Waals surface area contributed by atoms with E-state index in [1.165, 1.54) is 12.1 Å². The minimum atomic E-state index is -0.609. The summed E-state index contributed by atoms with van der Waals surface area (Å²) in [5, 5.41) is 6.09. The Labute approximate surface area is 129 Å². The third-order valence-electron chi connectivity index (χ3n) is 3.77. The highest BCUT2D eigenvalue weighted by molar-refractivity contribution is 5.85. The molecule has 2 N–H and O–H groups in total.